The first-order valence-electron chi connectivity index (χ1n) is 13.4. The number of alkyl halides is 3. The molecule has 3 aromatic rings. The van der Waals surface area contributed by atoms with Gasteiger partial charge < -0.3 is 29.6 Å². The molecule has 3 atom stereocenters. The molecule has 8 nitrogen and oxygen atoms in total. The maximum atomic E-state index is 13.6. The second-order valence-electron chi connectivity index (χ2n) is 10.7. The number of aromatic nitrogens is 2. The zero-order valence-electron chi connectivity index (χ0n) is 22.0. The van der Waals surface area contributed by atoms with E-state index in [1.54, 1.807) is 12.3 Å². The van der Waals surface area contributed by atoms with Gasteiger partial charge in [0.05, 0.1) is 37.0 Å². The number of carbonyl (C=O) groups is 1. The van der Waals surface area contributed by atoms with Gasteiger partial charge in [-0.25, -0.2) is 9.78 Å². The van der Waals surface area contributed by atoms with E-state index in [0.717, 1.165) is 28.5 Å². The molecule has 0 radical (unpaired) electrons. The Labute approximate surface area is 224 Å². The Morgan fingerprint density at radius 1 is 1.10 bits per heavy atom. The van der Waals surface area contributed by atoms with Crippen molar-refractivity contribution in [2.75, 3.05) is 39.4 Å². The van der Waals surface area contributed by atoms with Crippen LogP contribution in [0, 0.1) is 0 Å². The fourth-order valence-electron chi connectivity index (χ4n) is 6.03. The van der Waals surface area contributed by atoms with Crippen molar-refractivity contribution in [3.05, 3.63) is 52.8 Å². The SMILES string of the molecule is C[C@@H]1CN(C(=O)N2CCc3cc(-c4cnc5[nH]cc(C(F)(F)F)c5c4)cc([C@@H]4COCCN4)c3C2)C[C@@H](C)O1. The van der Waals surface area contributed by atoms with Gasteiger partial charge in [0.15, 0.2) is 0 Å². The molecular formula is C28H32F3N5O3. The monoisotopic (exact) mass is 543 g/mol. The van der Waals surface area contributed by atoms with Crippen molar-refractivity contribution < 1.29 is 27.4 Å². The van der Waals surface area contributed by atoms with Gasteiger partial charge in [-0.1, -0.05) is 6.07 Å². The lowest BCUT2D eigenvalue weighted by atomic mass is 9.87. The van der Waals surface area contributed by atoms with Crippen LogP contribution in [-0.4, -0.2) is 77.4 Å². The number of aromatic amines is 1. The van der Waals surface area contributed by atoms with Crippen LogP contribution in [0.4, 0.5) is 18.0 Å². The highest BCUT2D eigenvalue weighted by molar-refractivity contribution is 5.85. The summed E-state index contributed by atoms with van der Waals surface area (Å²) in [6.45, 7) is 7.91. The van der Waals surface area contributed by atoms with Gasteiger partial charge in [0.2, 0.25) is 0 Å². The number of halogens is 3. The predicted molar refractivity (Wildman–Crippen MR) is 139 cm³/mol. The van der Waals surface area contributed by atoms with E-state index in [1.807, 2.05) is 35.8 Å². The van der Waals surface area contributed by atoms with Gasteiger partial charge in [-0.05, 0) is 54.7 Å². The standard InChI is InChI=1S/C28H32F3N5O3/c1-16-12-36(13-17(2)39-16)27(37)35-5-3-18-7-19(8-21(23(18)14-35)25-15-38-6-4-32-25)20-9-22-24(28(29,30)31)11-34-26(22)33-10-20/h7-11,16-17,25,32H,3-6,12-15H2,1-2H3,(H,33,34)/t16-,17-,25+/m1/s1. The summed E-state index contributed by atoms with van der Waals surface area (Å²) in [6.07, 6.45) is -1.28. The zero-order valence-corrected chi connectivity index (χ0v) is 22.0. The van der Waals surface area contributed by atoms with Crippen LogP contribution >= 0.6 is 0 Å². The molecule has 0 spiro atoms. The van der Waals surface area contributed by atoms with Gasteiger partial charge in [-0.15, -0.1) is 0 Å². The Bertz CT molecular complexity index is 1370. The number of nitrogens with zero attached hydrogens (tertiary/aromatic N) is 3. The summed E-state index contributed by atoms with van der Waals surface area (Å²) in [5.41, 5.74) is 4.06. The van der Waals surface area contributed by atoms with Crippen molar-refractivity contribution in [1.82, 2.24) is 25.1 Å². The number of hydrogen-bond acceptors (Lipinski definition) is 5. The summed E-state index contributed by atoms with van der Waals surface area (Å²) in [6, 6.07) is 5.53. The van der Waals surface area contributed by atoms with Crippen LogP contribution in [0.15, 0.2) is 30.6 Å². The number of pyridine rings is 1. The van der Waals surface area contributed by atoms with Crippen LogP contribution < -0.4 is 5.32 Å². The van der Waals surface area contributed by atoms with E-state index >= 15 is 0 Å². The molecule has 2 fully saturated rings. The molecular weight excluding hydrogens is 511 g/mol. The lowest BCUT2D eigenvalue weighted by molar-refractivity contribution is -0.136. The fraction of sp³-hybridized carbons (Fsp3) is 0.500. The van der Waals surface area contributed by atoms with Gasteiger partial charge in [-0.2, -0.15) is 13.2 Å². The normalized spacial score (nSPS) is 24.2. The molecule has 3 aliphatic rings. The minimum Gasteiger partial charge on any atom is -0.378 e. The van der Waals surface area contributed by atoms with Crippen LogP contribution in [0.5, 0.6) is 0 Å². The number of hydrogen-bond donors (Lipinski definition) is 2. The molecule has 2 saturated heterocycles. The van der Waals surface area contributed by atoms with Crippen LogP contribution in [0.3, 0.4) is 0 Å². The Morgan fingerprint density at radius 2 is 1.90 bits per heavy atom. The number of rotatable bonds is 2. The molecule has 0 aliphatic carbocycles. The Hall–Kier alpha value is -3.15. The first-order chi connectivity index (χ1) is 18.7. The number of H-pyrrole nitrogens is 1. The molecule has 2 N–H and O–H groups in total. The number of benzene rings is 1. The number of ether oxygens (including phenoxy) is 2. The topological polar surface area (TPSA) is 82.7 Å². The lowest BCUT2D eigenvalue weighted by Gasteiger charge is -2.40. The quantitative estimate of drug-likeness (QED) is 0.498. The van der Waals surface area contributed by atoms with Crippen molar-refractivity contribution in [3.63, 3.8) is 0 Å². The molecule has 0 saturated carbocycles. The van der Waals surface area contributed by atoms with E-state index < -0.39 is 11.7 Å². The summed E-state index contributed by atoms with van der Waals surface area (Å²) in [4.78, 5) is 24.2. The molecule has 2 amide bonds. The highest BCUT2D eigenvalue weighted by Crippen LogP contribution is 2.38. The summed E-state index contributed by atoms with van der Waals surface area (Å²) in [7, 11) is 0. The lowest BCUT2D eigenvalue weighted by Crippen LogP contribution is -2.53. The second-order valence-corrected chi connectivity index (χ2v) is 10.7. The van der Waals surface area contributed by atoms with E-state index in [-0.39, 0.29) is 35.3 Å². The minimum atomic E-state index is -4.48. The summed E-state index contributed by atoms with van der Waals surface area (Å²) in [5, 5.41) is 3.56. The van der Waals surface area contributed by atoms with Gasteiger partial charge in [0.1, 0.15) is 5.65 Å². The number of urea groups is 1. The number of amides is 2. The average molecular weight is 544 g/mol. The Morgan fingerprint density at radius 3 is 2.62 bits per heavy atom. The molecule has 0 bridgehead atoms. The maximum Gasteiger partial charge on any atom is 0.418 e. The van der Waals surface area contributed by atoms with Crippen molar-refractivity contribution in [3.8, 4) is 11.1 Å². The van der Waals surface area contributed by atoms with Crippen LogP contribution in [-0.2, 0) is 28.6 Å². The third-order valence-corrected chi connectivity index (χ3v) is 7.80. The molecule has 6 rings (SSSR count). The van der Waals surface area contributed by atoms with Crippen molar-refractivity contribution >= 4 is 17.1 Å². The molecule has 1 aromatic carbocycles. The molecule has 208 valence electrons. The largest absolute Gasteiger partial charge is 0.418 e. The van der Waals surface area contributed by atoms with E-state index in [9.17, 15) is 18.0 Å². The van der Waals surface area contributed by atoms with Gasteiger partial charge in [0, 0.05) is 56.1 Å². The smallest absolute Gasteiger partial charge is 0.378 e. The van der Waals surface area contributed by atoms with Crippen molar-refractivity contribution in [2.24, 2.45) is 0 Å². The van der Waals surface area contributed by atoms with E-state index in [0.29, 0.717) is 57.9 Å². The first-order valence-corrected chi connectivity index (χ1v) is 13.4. The van der Waals surface area contributed by atoms with Crippen molar-refractivity contribution in [2.45, 2.75) is 51.2 Å². The van der Waals surface area contributed by atoms with E-state index in [4.69, 9.17) is 9.47 Å². The average Bonchev–Trinajstić information content (AvgIpc) is 3.36. The van der Waals surface area contributed by atoms with E-state index in [2.05, 4.69) is 15.3 Å². The van der Waals surface area contributed by atoms with Crippen molar-refractivity contribution in [1.29, 1.82) is 0 Å². The van der Waals surface area contributed by atoms with Gasteiger partial charge in [-0.3, -0.25) is 0 Å². The van der Waals surface area contributed by atoms with Gasteiger partial charge >= 0.3 is 12.2 Å². The maximum absolute atomic E-state index is 13.6. The molecule has 0 unspecified atom stereocenters. The first kappa shape index (κ1) is 26.1. The third-order valence-electron chi connectivity index (χ3n) is 7.80. The Balaban J connectivity index is 1.36. The second kappa shape index (κ2) is 10.1. The number of fused-ring (bicyclic) bond motifs is 2. The molecule has 5 heterocycles. The molecule has 39 heavy (non-hydrogen) atoms. The highest BCUT2D eigenvalue weighted by atomic mass is 19.4. The molecule has 2 aromatic heterocycles. The van der Waals surface area contributed by atoms with Crippen LogP contribution in [0.25, 0.3) is 22.2 Å². The van der Waals surface area contributed by atoms with Crippen LogP contribution in [0.1, 0.15) is 42.1 Å². The minimum absolute atomic E-state index is 0.00678. The Kier molecular flexibility index (Phi) is 6.76. The number of nitrogens with one attached hydrogen (secondary N) is 2. The third kappa shape index (κ3) is 5.10. The van der Waals surface area contributed by atoms with Crippen LogP contribution in [0.2, 0.25) is 0 Å². The fourth-order valence-corrected chi connectivity index (χ4v) is 6.03. The summed E-state index contributed by atoms with van der Waals surface area (Å²) in [5.74, 6) is 0. The number of morpholine rings is 2. The summed E-state index contributed by atoms with van der Waals surface area (Å²) < 4.78 is 52.3. The highest BCUT2D eigenvalue weighted by Gasteiger charge is 2.35. The molecule has 3 aliphatic heterocycles. The predicted octanol–water partition coefficient (Wildman–Crippen LogP) is 4.50. The zero-order chi connectivity index (χ0) is 27.3. The molecule has 11 heteroatoms. The van der Waals surface area contributed by atoms with E-state index in [1.165, 1.54) is 0 Å². The van der Waals surface area contributed by atoms with Gasteiger partial charge in [0.25, 0.3) is 0 Å². The number of carbonyl (C=O) groups excluding carboxylic acids is 1. The summed E-state index contributed by atoms with van der Waals surface area (Å²) >= 11 is 0.